The summed E-state index contributed by atoms with van der Waals surface area (Å²) in [6, 6.07) is 10.6. The van der Waals surface area contributed by atoms with Gasteiger partial charge in [0.15, 0.2) is 0 Å². The Labute approximate surface area is 184 Å². The molecule has 0 saturated carbocycles. The van der Waals surface area contributed by atoms with Crippen molar-refractivity contribution in [2.45, 2.75) is 20.4 Å². The molecule has 0 spiro atoms. The quantitative estimate of drug-likeness (QED) is 0.478. The lowest BCUT2D eigenvalue weighted by Crippen LogP contribution is -2.18. The van der Waals surface area contributed by atoms with Gasteiger partial charge in [-0.25, -0.2) is 14.4 Å². The lowest BCUT2D eigenvalue weighted by Gasteiger charge is -2.14. The molecule has 0 unspecified atom stereocenters. The molecule has 0 saturated heterocycles. The molecule has 1 heterocycles. The molecule has 3 rings (SSSR count). The minimum atomic E-state index is -0.426. The van der Waals surface area contributed by atoms with E-state index >= 15 is 0 Å². The topological polar surface area (TPSA) is 66.9 Å². The molecular formula is C22H21Cl2FN4O. The minimum absolute atomic E-state index is 0.0241. The highest BCUT2D eigenvalue weighted by atomic mass is 35.5. The number of rotatable bonds is 7. The van der Waals surface area contributed by atoms with Crippen molar-refractivity contribution >= 4 is 34.8 Å². The molecule has 8 heteroatoms. The van der Waals surface area contributed by atoms with Gasteiger partial charge in [0.2, 0.25) is 5.82 Å². The van der Waals surface area contributed by atoms with Gasteiger partial charge in [-0.2, -0.15) is 0 Å². The number of aromatic nitrogens is 2. The average molecular weight is 447 g/mol. The largest absolute Gasteiger partial charge is 0.319 e. The van der Waals surface area contributed by atoms with Crippen LogP contribution in [0.3, 0.4) is 0 Å². The second-order valence-electron chi connectivity index (χ2n) is 6.81. The number of amides is 1. The summed E-state index contributed by atoms with van der Waals surface area (Å²) >= 11 is 12.3. The number of carbonyl (C=O) groups excluding carboxylic acids is 1. The predicted molar refractivity (Wildman–Crippen MR) is 119 cm³/mol. The summed E-state index contributed by atoms with van der Waals surface area (Å²) in [6.07, 6.45) is 1.51. The van der Waals surface area contributed by atoms with Gasteiger partial charge in [-0.3, -0.25) is 4.79 Å². The van der Waals surface area contributed by atoms with E-state index in [-0.39, 0.29) is 5.82 Å². The Bertz CT molecular complexity index is 1050. The lowest BCUT2D eigenvalue weighted by atomic mass is 10.0. The SMILES string of the molecule is Cc1cc(CNCCF)cc(C)c1NC(=O)c1nccc(-c2cc(Cl)ccc2Cl)n1. The van der Waals surface area contributed by atoms with Crippen molar-refractivity contribution < 1.29 is 9.18 Å². The highest BCUT2D eigenvalue weighted by Gasteiger charge is 2.15. The first-order chi connectivity index (χ1) is 14.4. The lowest BCUT2D eigenvalue weighted by molar-refractivity contribution is 0.101. The van der Waals surface area contributed by atoms with Crippen LogP contribution in [0.4, 0.5) is 10.1 Å². The number of aryl methyl sites for hydroxylation is 2. The van der Waals surface area contributed by atoms with Gasteiger partial charge in [-0.05, 0) is 54.8 Å². The Kier molecular flexibility index (Phi) is 7.37. The smallest absolute Gasteiger partial charge is 0.293 e. The third kappa shape index (κ3) is 5.33. The van der Waals surface area contributed by atoms with Gasteiger partial charge in [0.25, 0.3) is 5.91 Å². The Morgan fingerprint density at radius 1 is 1.10 bits per heavy atom. The van der Waals surface area contributed by atoms with Crippen LogP contribution in [0.2, 0.25) is 10.0 Å². The van der Waals surface area contributed by atoms with Crippen LogP contribution in [0.15, 0.2) is 42.6 Å². The van der Waals surface area contributed by atoms with Gasteiger partial charge in [0.05, 0.1) is 10.7 Å². The fourth-order valence-corrected chi connectivity index (χ4v) is 3.52. The summed E-state index contributed by atoms with van der Waals surface area (Å²) in [4.78, 5) is 21.3. The first-order valence-electron chi connectivity index (χ1n) is 9.35. The van der Waals surface area contributed by atoms with Crippen molar-refractivity contribution in [1.29, 1.82) is 0 Å². The van der Waals surface area contributed by atoms with Crippen molar-refractivity contribution in [1.82, 2.24) is 15.3 Å². The first-order valence-corrected chi connectivity index (χ1v) is 10.1. The van der Waals surface area contributed by atoms with Crippen LogP contribution in [0.5, 0.6) is 0 Å². The minimum Gasteiger partial charge on any atom is -0.319 e. The van der Waals surface area contributed by atoms with E-state index in [4.69, 9.17) is 23.2 Å². The number of alkyl halides is 1. The number of nitrogens with zero attached hydrogens (tertiary/aromatic N) is 2. The van der Waals surface area contributed by atoms with Crippen LogP contribution in [0, 0.1) is 13.8 Å². The maximum Gasteiger partial charge on any atom is 0.293 e. The molecule has 156 valence electrons. The molecule has 0 aliphatic rings. The molecule has 1 amide bonds. The van der Waals surface area contributed by atoms with E-state index in [0.717, 1.165) is 16.7 Å². The predicted octanol–water partition coefficient (Wildman–Crippen LogP) is 5.38. The number of halogens is 3. The Balaban J connectivity index is 1.82. The van der Waals surface area contributed by atoms with Crippen LogP contribution in [0.25, 0.3) is 11.3 Å². The van der Waals surface area contributed by atoms with Crippen molar-refractivity contribution in [3.63, 3.8) is 0 Å². The van der Waals surface area contributed by atoms with Crippen molar-refractivity contribution in [2.24, 2.45) is 0 Å². The summed E-state index contributed by atoms with van der Waals surface area (Å²) < 4.78 is 12.3. The molecule has 0 radical (unpaired) electrons. The molecule has 0 bridgehead atoms. The maximum atomic E-state index is 12.8. The van der Waals surface area contributed by atoms with Crippen LogP contribution in [-0.2, 0) is 6.54 Å². The number of anilines is 1. The third-order valence-corrected chi connectivity index (χ3v) is 5.06. The summed E-state index contributed by atoms with van der Waals surface area (Å²) in [5.41, 5.74) is 4.64. The van der Waals surface area contributed by atoms with Gasteiger partial charge in [-0.1, -0.05) is 35.3 Å². The maximum absolute atomic E-state index is 12.8. The zero-order chi connectivity index (χ0) is 21.7. The summed E-state index contributed by atoms with van der Waals surface area (Å²) in [7, 11) is 0. The van der Waals surface area contributed by atoms with Crippen LogP contribution >= 0.6 is 23.2 Å². The van der Waals surface area contributed by atoms with Gasteiger partial charge in [0, 0.05) is 35.6 Å². The molecular weight excluding hydrogens is 426 g/mol. The molecule has 0 atom stereocenters. The molecule has 3 aromatic rings. The van der Waals surface area contributed by atoms with Gasteiger partial charge < -0.3 is 10.6 Å². The summed E-state index contributed by atoms with van der Waals surface area (Å²) in [6.45, 7) is 4.27. The summed E-state index contributed by atoms with van der Waals surface area (Å²) in [5.74, 6) is -0.402. The van der Waals surface area contributed by atoms with E-state index in [2.05, 4.69) is 20.6 Å². The second-order valence-corrected chi connectivity index (χ2v) is 7.66. The Hall–Kier alpha value is -2.54. The van der Waals surface area contributed by atoms with Crippen molar-refractivity contribution in [3.8, 4) is 11.3 Å². The Morgan fingerprint density at radius 2 is 1.83 bits per heavy atom. The zero-order valence-corrected chi connectivity index (χ0v) is 18.1. The number of nitrogens with one attached hydrogen (secondary N) is 2. The standard InChI is InChI=1S/C22H21Cl2FN4O/c1-13-9-15(12-26-8-6-25)10-14(2)20(13)29-22(30)21-27-7-5-19(28-21)17-11-16(23)3-4-18(17)24/h3-5,7,9-11,26H,6,8,12H2,1-2H3,(H,29,30). The van der Waals surface area contributed by atoms with Crippen LogP contribution in [0.1, 0.15) is 27.3 Å². The Morgan fingerprint density at radius 3 is 2.53 bits per heavy atom. The van der Waals surface area contributed by atoms with E-state index < -0.39 is 12.6 Å². The zero-order valence-electron chi connectivity index (χ0n) is 16.6. The van der Waals surface area contributed by atoms with Gasteiger partial charge in [0.1, 0.15) is 6.67 Å². The summed E-state index contributed by atoms with van der Waals surface area (Å²) in [5, 5.41) is 6.91. The monoisotopic (exact) mass is 446 g/mol. The number of hydrogen-bond donors (Lipinski definition) is 2. The van der Waals surface area contributed by atoms with E-state index in [9.17, 15) is 9.18 Å². The average Bonchev–Trinajstić information content (AvgIpc) is 2.72. The van der Waals surface area contributed by atoms with E-state index in [1.165, 1.54) is 6.20 Å². The molecule has 0 fully saturated rings. The van der Waals surface area contributed by atoms with Gasteiger partial charge >= 0.3 is 0 Å². The molecule has 1 aromatic heterocycles. The molecule has 0 aliphatic carbocycles. The number of hydrogen-bond acceptors (Lipinski definition) is 4. The normalized spacial score (nSPS) is 10.8. The van der Waals surface area contributed by atoms with Crippen molar-refractivity contribution in [2.75, 3.05) is 18.5 Å². The number of carbonyl (C=O) groups is 1. The van der Waals surface area contributed by atoms with E-state index in [1.807, 2.05) is 26.0 Å². The third-order valence-electron chi connectivity index (χ3n) is 4.49. The second kappa shape index (κ2) is 9.98. The fraction of sp³-hybridized carbons (Fsp3) is 0.227. The molecule has 5 nitrogen and oxygen atoms in total. The molecule has 0 aliphatic heterocycles. The van der Waals surface area contributed by atoms with Gasteiger partial charge in [-0.15, -0.1) is 0 Å². The highest BCUT2D eigenvalue weighted by Crippen LogP contribution is 2.29. The van der Waals surface area contributed by atoms with E-state index in [1.54, 1.807) is 24.3 Å². The first kappa shape index (κ1) is 22.2. The van der Waals surface area contributed by atoms with Crippen LogP contribution in [-0.4, -0.2) is 29.1 Å². The van der Waals surface area contributed by atoms with Crippen molar-refractivity contribution in [3.05, 3.63) is 75.2 Å². The highest BCUT2D eigenvalue weighted by molar-refractivity contribution is 6.35. The molecule has 2 N–H and O–H groups in total. The van der Waals surface area contributed by atoms with Crippen LogP contribution < -0.4 is 10.6 Å². The number of benzene rings is 2. The van der Waals surface area contributed by atoms with E-state index in [0.29, 0.717) is 40.1 Å². The molecule has 2 aromatic carbocycles. The fourth-order valence-electron chi connectivity index (χ4n) is 3.13. The molecule has 30 heavy (non-hydrogen) atoms.